The van der Waals surface area contributed by atoms with Crippen molar-refractivity contribution in [1.82, 2.24) is 0 Å². The molecule has 0 aromatic heterocycles. The van der Waals surface area contributed by atoms with Gasteiger partial charge >= 0.3 is 17.9 Å². The van der Waals surface area contributed by atoms with Crippen molar-refractivity contribution in [2.45, 2.75) is 103 Å². The summed E-state index contributed by atoms with van der Waals surface area (Å²) in [6.07, 6.45) is 19.1. The van der Waals surface area contributed by atoms with Crippen molar-refractivity contribution in [3.05, 3.63) is 23.8 Å². The minimum absolute atomic E-state index is 0.0756. The molecule has 6 aliphatic rings. The van der Waals surface area contributed by atoms with E-state index in [1.807, 2.05) is 0 Å². The number of esters is 3. The first-order valence-corrected chi connectivity index (χ1v) is 14.5. The molecule has 6 heteroatoms. The highest BCUT2D eigenvalue weighted by atomic mass is 16.5. The number of hydrogen-bond acceptors (Lipinski definition) is 6. The standard InChI is InChI=1S/C31H44O6/c1-19(32)36-28-15-25-13-21(6-4-5-7-30(34)35-3)14-27(25)26(28)8-9-29(37-20(2)33)31-16-22-10-23(17-31)12-24(11-22)18-31/h6,8-9,22-29H,4-5,7,10-18H2,1-3H3/t22?,23?,24?,25-,26+,27-,28+,29?,31?/m1/s1. The van der Waals surface area contributed by atoms with Gasteiger partial charge in [0.15, 0.2) is 0 Å². The Bertz CT molecular complexity index is 912. The van der Waals surface area contributed by atoms with Crippen LogP contribution in [0.5, 0.6) is 0 Å². The Labute approximate surface area is 221 Å². The number of hydrogen-bond donors (Lipinski definition) is 0. The normalized spacial score (nSPS) is 39.6. The van der Waals surface area contributed by atoms with Crippen LogP contribution in [-0.4, -0.2) is 37.2 Å². The molecular formula is C31H44O6. The fourth-order valence-corrected chi connectivity index (χ4v) is 9.21. The highest BCUT2D eigenvalue weighted by molar-refractivity contribution is 5.69. The number of allylic oxidation sites excluding steroid dienone is 2. The maximum Gasteiger partial charge on any atom is 0.305 e. The largest absolute Gasteiger partial charge is 0.469 e. The maximum absolute atomic E-state index is 12.2. The highest BCUT2D eigenvalue weighted by Gasteiger charge is 2.55. The number of carbonyl (C=O) groups excluding carboxylic acids is 3. The molecule has 5 atom stereocenters. The van der Waals surface area contributed by atoms with Crippen LogP contribution in [0.3, 0.4) is 0 Å². The lowest BCUT2D eigenvalue weighted by atomic mass is 9.48. The van der Waals surface area contributed by atoms with Gasteiger partial charge in [0.25, 0.3) is 0 Å². The van der Waals surface area contributed by atoms with E-state index in [1.165, 1.54) is 65.1 Å². The lowest BCUT2D eigenvalue weighted by Gasteiger charge is -2.58. The molecule has 0 saturated heterocycles. The first-order chi connectivity index (χ1) is 17.7. The van der Waals surface area contributed by atoms with E-state index in [2.05, 4.69) is 18.2 Å². The predicted molar refractivity (Wildman–Crippen MR) is 139 cm³/mol. The Kier molecular flexibility index (Phi) is 7.83. The molecule has 6 saturated carbocycles. The van der Waals surface area contributed by atoms with Crippen LogP contribution in [0.4, 0.5) is 0 Å². The molecule has 204 valence electrons. The summed E-state index contributed by atoms with van der Waals surface area (Å²) < 4.78 is 16.6. The van der Waals surface area contributed by atoms with Crippen LogP contribution in [-0.2, 0) is 28.6 Å². The second kappa shape index (κ2) is 10.9. The molecule has 0 aromatic rings. The fourth-order valence-electron chi connectivity index (χ4n) is 9.21. The third-order valence-electron chi connectivity index (χ3n) is 10.1. The van der Waals surface area contributed by atoms with Crippen LogP contribution >= 0.6 is 0 Å². The summed E-state index contributed by atoms with van der Waals surface area (Å²) >= 11 is 0. The van der Waals surface area contributed by atoms with E-state index in [4.69, 9.17) is 14.2 Å². The number of carbonyl (C=O) groups is 3. The quantitative estimate of drug-likeness (QED) is 0.165. The van der Waals surface area contributed by atoms with Gasteiger partial charge in [-0.05, 0) is 106 Å². The summed E-state index contributed by atoms with van der Waals surface area (Å²) in [6, 6.07) is 0. The molecule has 0 aromatic carbocycles. The molecule has 6 fully saturated rings. The third kappa shape index (κ3) is 5.83. The Balaban J connectivity index is 1.31. The summed E-state index contributed by atoms with van der Waals surface area (Å²) in [4.78, 5) is 35.5. The van der Waals surface area contributed by atoms with Crippen LogP contribution in [0.25, 0.3) is 0 Å². The predicted octanol–water partition coefficient (Wildman–Crippen LogP) is 5.94. The molecule has 6 nitrogen and oxygen atoms in total. The van der Waals surface area contributed by atoms with Gasteiger partial charge in [0.05, 0.1) is 7.11 Å². The molecule has 0 radical (unpaired) electrons. The first kappa shape index (κ1) is 26.5. The molecule has 0 N–H and O–H groups in total. The zero-order valence-corrected chi connectivity index (χ0v) is 22.8. The molecule has 0 amide bonds. The van der Waals surface area contributed by atoms with Crippen LogP contribution in [0, 0.1) is 40.9 Å². The topological polar surface area (TPSA) is 78.9 Å². The second-order valence-electron chi connectivity index (χ2n) is 12.8. The van der Waals surface area contributed by atoms with Gasteiger partial charge in [-0.15, -0.1) is 0 Å². The molecule has 1 unspecified atom stereocenters. The summed E-state index contributed by atoms with van der Waals surface area (Å²) in [6.45, 7) is 3.03. The molecule has 4 bridgehead atoms. The molecule has 0 aliphatic heterocycles. The first-order valence-electron chi connectivity index (χ1n) is 14.5. The molecule has 0 spiro atoms. The van der Waals surface area contributed by atoms with Crippen molar-refractivity contribution in [2.75, 3.05) is 7.11 Å². The lowest BCUT2D eigenvalue weighted by molar-refractivity contribution is -0.163. The van der Waals surface area contributed by atoms with Gasteiger partial charge in [-0.2, -0.15) is 0 Å². The Morgan fingerprint density at radius 2 is 1.65 bits per heavy atom. The van der Waals surface area contributed by atoms with E-state index in [0.717, 1.165) is 49.9 Å². The summed E-state index contributed by atoms with van der Waals surface area (Å²) in [5.74, 6) is 2.83. The van der Waals surface area contributed by atoms with E-state index in [1.54, 1.807) is 0 Å². The molecule has 0 heterocycles. The number of fused-ring (bicyclic) bond motifs is 1. The number of rotatable bonds is 9. The fraction of sp³-hybridized carbons (Fsp3) is 0.774. The molecule has 37 heavy (non-hydrogen) atoms. The average Bonchev–Trinajstić information content (AvgIpc) is 3.35. The van der Waals surface area contributed by atoms with Crippen LogP contribution in [0.1, 0.15) is 90.9 Å². The lowest BCUT2D eigenvalue weighted by Crippen LogP contribution is -2.52. The van der Waals surface area contributed by atoms with E-state index >= 15 is 0 Å². The monoisotopic (exact) mass is 512 g/mol. The second-order valence-corrected chi connectivity index (χ2v) is 12.8. The van der Waals surface area contributed by atoms with Gasteiger partial charge in [0.2, 0.25) is 0 Å². The number of methoxy groups -OCH3 is 1. The van der Waals surface area contributed by atoms with Crippen molar-refractivity contribution in [1.29, 1.82) is 0 Å². The van der Waals surface area contributed by atoms with Crippen molar-refractivity contribution < 1.29 is 28.6 Å². The summed E-state index contributed by atoms with van der Waals surface area (Å²) in [5.41, 5.74) is 1.53. The molecule has 6 aliphatic carbocycles. The van der Waals surface area contributed by atoms with Crippen molar-refractivity contribution >= 4 is 17.9 Å². The average molecular weight is 513 g/mol. The summed E-state index contributed by atoms with van der Waals surface area (Å²) in [7, 11) is 1.43. The highest BCUT2D eigenvalue weighted by Crippen LogP contribution is 2.62. The zero-order chi connectivity index (χ0) is 26.2. The summed E-state index contributed by atoms with van der Waals surface area (Å²) in [5, 5.41) is 0. The van der Waals surface area contributed by atoms with Crippen LogP contribution < -0.4 is 0 Å². The Hall–Kier alpha value is -2.11. The minimum atomic E-state index is -0.223. The number of unbranched alkanes of at least 4 members (excludes halogenated alkanes) is 1. The maximum atomic E-state index is 12.2. The van der Waals surface area contributed by atoms with Crippen molar-refractivity contribution in [3.8, 4) is 0 Å². The number of ether oxygens (including phenoxy) is 3. The van der Waals surface area contributed by atoms with Gasteiger partial charge in [-0.1, -0.05) is 17.7 Å². The third-order valence-corrected chi connectivity index (χ3v) is 10.1. The zero-order valence-electron chi connectivity index (χ0n) is 22.8. The Morgan fingerprint density at radius 1 is 0.973 bits per heavy atom. The van der Waals surface area contributed by atoms with Crippen molar-refractivity contribution in [3.63, 3.8) is 0 Å². The van der Waals surface area contributed by atoms with Gasteiger partial charge in [-0.25, -0.2) is 0 Å². The van der Waals surface area contributed by atoms with Gasteiger partial charge in [0, 0.05) is 31.6 Å². The van der Waals surface area contributed by atoms with Gasteiger partial charge in [0.1, 0.15) is 12.2 Å². The van der Waals surface area contributed by atoms with Crippen LogP contribution in [0.15, 0.2) is 23.8 Å². The van der Waals surface area contributed by atoms with E-state index < -0.39 is 0 Å². The van der Waals surface area contributed by atoms with Gasteiger partial charge in [-0.3, -0.25) is 14.4 Å². The van der Waals surface area contributed by atoms with E-state index in [-0.39, 0.29) is 41.4 Å². The minimum Gasteiger partial charge on any atom is -0.469 e. The molecule has 6 rings (SSSR count). The Morgan fingerprint density at radius 3 is 2.24 bits per heavy atom. The van der Waals surface area contributed by atoms with Crippen molar-refractivity contribution in [2.24, 2.45) is 40.9 Å². The van der Waals surface area contributed by atoms with Gasteiger partial charge < -0.3 is 14.2 Å². The smallest absolute Gasteiger partial charge is 0.305 e. The van der Waals surface area contributed by atoms with E-state index in [0.29, 0.717) is 18.3 Å². The molecular weight excluding hydrogens is 468 g/mol. The van der Waals surface area contributed by atoms with E-state index in [9.17, 15) is 14.4 Å². The SMILES string of the molecule is COC(=O)CCCC=C1C[C@@H]2C[C@H](OC(C)=O)[C@@H](C=CC(OC(C)=O)C34CC5CC(CC(C5)C3)C4)[C@@H]2C1. The van der Waals surface area contributed by atoms with Crippen LogP contribution in [0.2, 0.25) is 0 Å².